The molecule has 0 radical (unpaired) electrons. The largest absolute Gasteiger partial charge is 0.461 e. The molecule has 0 saturated carbocycles. The number of aromatic nitrogens is 2. The average molecular weight is 287 g/mol. The monoisotopic (exact) mass is 287 g/mol. The molecule has 5 nitrogen and oxygen atoms in total. The lowest BCUT2D eigenvalue weighted by atomic mass is 10.1. The van der Waals surface area contributed by atoms with E-state index < -0.39 is 0 Å². The molecule has 21 heavy (non-hydrogen) atoms. The predicted molar refractivity (Wildman–Crippen MR) is 81.0 cm³/mol. The number of fused-ring (bicyclic) bond motifs is 1. The van der Waals surface area contributed by atoms with Crippen LogP contribution in [0.25, 0.3) is 11.0 Å². The Morgan fingerprint density at radius 1 is 1.38 bits per heavy atom. The summed E-state index contributed by atoms with van der Waals surface area (Å²) in [6.45, 7) is 5.68. The number of benzene rings is 1. The third-order valence-corrected chi connectivity index (χ3v) is 4.05. The van der Waals surface area contributed by atoms with Gasteiger partial charge < -0.3 is 9.72 Å². The first kappa shape index (κ1) is 14.1. The van der Waals surface area contributed by atoms with E-state index in [-0.39, 0.29) is 12.1 Å². The second kappa shape index (κ2) is 5.48. The number of aromatic amines is 1. The van der Waals surface area contributed by atoms with Gasteiger partial charge >= 0.3 is 5.97 Å². The number of carbonyl (C=O) groups excluding carboxylic acids is 1. The minimum absolute atomic E-state index is 0.0244. The van der Waals surface area contributed by atoms with Crippen molar-refractivity contribution in [3.8, 4) is 0 Å². The van der Waals surface area contributed by atoms with Gasteiger partial charge in [-0.1, -0.05) is 0 Å². The zero-order valence-corrected chi connectivity index (χ0v) is 12.8. The minimum atomic E-state index is -0.0805. The molecule has 1 aliphatic rings. The number of H-pyrrole nitrogens is 1. The number of aryl methyl sites for hydroxylation is 2. The molecule has 1 aliphatic heterocycles. The predicted octanol–water partition coefficient (Wildman–Crippen LogP) is 2.32. The Balaban J connectivity index is 1.68. The van der Waals surface area contributed by atoms with Crippen molar-refractivity contribution >= 4 is 17.0 Å². The molecule has 1 aromatic heterocycles. The van der Waals surface area contributed by atoms with Crippen LogP contribution < -0.4 is 0 Å². The molecule has 0 amide bonds. The molecule has 1 aromatic carbocycles. The molecule has 1 atom stereocenters. The van der Waals surface area contributed by atoms with Crippen LogP contribution in [0.5, 0.6) is 0 Å². The lowest BCUT2D eigenvalue weighted by molar-refractivity contribution is -0.141. The van der Waals surface area contributed by atoms with E-state index >= 15 is 0 Å². The SMILES string of the molecule is Cc1cc2nc(CN(C)CC3CCC(=O)O3)[nH]c2cc1C. The summed E-state index contributed by atoms with van der Waals surface area (Å²) >= 11 is 0. The van der Waals surface area contributed by atoms with Crippen molar-refractivity contribution in [1.82, 2.24) is 14.9 Å². The van der Waals surface area contributed by atoms with Crippen molar-refractivity contribution < 1.29 is 9.53 Å². The molecule has 112 valence electrons. The molecule has 2 aromatic rings. The maximum absolute atomic E-state index is 11.1. The summed E-state index contributed by atoms with van der Waals surface area (Å²) in [7, 11) is 2.02. The van der Waals surface area contributed by atoms with Crippen LogP contribution in [0.15, 0.2) is 12.1 Å². The van der Waals surface area contributed by atoms with Crippen LogP contribution in [0.3, 0.4) is 0 Å². The summed E-state index contributed by atoms with van der Waals surface area (Å²) in [4.78, 5) is 21.3. The molecule has 1 unspecified atom stereocenters. The van der Waals surface area contributed by atoms with Crippen LogP contribution in [0.4, 0.5) is 0 Å². The van der Waals surface area contributed by atoms with Crippen molar-refractivity contribution in [2.75, 3.05) is 13.6 Å². The van der Waals surface area contributed by atoms with E-state index in [1.165, 1.54) is 11.1 Å². The zero-order valence-electron chi connectivity index (χ0n) is 12.8. The first-order valence-corrected chi connectivity index (χ1v) is 7.35. The molecule has 2 heterocycles. The van der Waals surface area contributed by atoms with E-state index in [0.717, 1.165) is 36.4 Å². The number of imidazole rings is 1. The van der Waals surface area contributed by atoms with E-state index in [1.807, 2.05) is 7.05 Å². The van der Waals surface area contributed by atoms with Gasteiger partial charge in [0.15, 0.2) is 0 Å². The molecule has 0 aliphatic carbocycles. The van der Waals surface area contributed by atoms with Crippen LogP contribution in [-0.2, 0) is 16.1 Å². The first-order valence-electron chi connectivity index (χ1n) is 7.35. The van der Waals surface area contributed by atoms with Gasteiger partial charge in [-0.15, -0.1) is 0 Å². The standard InChI is InChI=1S/C16H21N3O2/c1-10-6-13-14(7-11(10)2)18-15(17-13)9-19(3)8-12-4-5-16(20)21-12/h6-7,12H,4-5,8-9H2,1-3H3,(H,17,18). The third kappa shape index (κ3) is 3.08. The molecule has 1 saturated heterocycles. The van der Waals surface area contributed by atoms with Gasteiger partial charge in [0.1, 0.15) is 11.9 Å². The molecule has 0 bridgehead atoms. The van der Waals surface area contributed by atoms with Gasteiger partial charge in [-0.05, 0) is 50.6 Å². The highest BCUT2D eigenvalue weighted by Crippen LogP contribution is 2.19. The lowest BCUT2D eigenvalue weighted by Crippen LogP contribution is -2.29. The van der Waals surface area contributed by atoms with Crippen LogP contribution >= 0.6 is 0 Å². The van der Waals surface area contributed by atoms with Crippen molar-refractivity contribution in [3.05, 3.63) is 29.1 Å². The number of nitrogens with one attached hydrogen (secondary N) is 1. The fourth-order valence-electron chi connectivity index (χ4n) is 2.78. The van der Waals surface area contributed by atoms with Crippen molar-refractivity contribution in [1.29, 1.82) is 0 Å². The quantitative estimate of drug-likeness (QED) is 0.877. The number of likely N-dealkylation sites (N-methyl/N-ethyl adjacent to an activating group) is 1. The highest BCUT2D eigenvalue weighted by Gasteiger charge is 2.24. The number of hydrogen-bond acceptors (Lipinski definition) is 4. The third-order valence-electron chi connectivity index (χ3n) is 4.05. The normalized spacial score (nSPS) is 18.7. The molecular weight excluding hydrogens is 266 g/mol. The van der Waals surface area contributed by atoms with Gasteiger partial charge in [0.2, 0.25) is 0 Å². The number of esters is 1. The maximum atomic E-state index is 11.1. The van der Waals surface area contributed by atoms with E-state index in [9.17, 15) is 4.79 Å². The topological polar surface area (TPSA) is 58.2 Å². The Kier molecular flexibility index (Phi) is 3.68. The summed E-state index contributed by atoms with van der Waals surface area (Å²) in [6.07, 6.45) is 1.39. The van der Waals surface area contributed by atoms with Crippen molar-refractivity contribution in [2.24, 2.45) is 0 Å². The molecule has 1 fully saturated rings. The van der Waals surface area contributed by atoms with Gasteiger partial charge in [-0.3, -0.25) is 9.69 Å². The fraction of sp³-hybridized carbons (Fsp3) is 0.500. The Labute approximate surface area is 124 Å². The highest BCUT2D eigenvalue weighted by molar-refractivity contribution is 5.77. The van der Waals surface area contributed by atoms with E-state index in [0.29, 0.717) is 6.42 Å². The second-order valence-corrected chi connectivity index (χ2v) is 5.98. The fourth-order valence-corrected chi connectivity index (χ4v) is 2.78. The summed E-state index contributed by atoms with van der Waals surface area (Å²) in [5.41, 5.74) is 4.61. The molecule has 3 rings (SSSR count). The Morgan fingerprint density at radius 2 is 2.14 bits per heavy atom. The summed E-state index contributed by atoms with van der Waals surface area (Å²) in [6, 6.07) is 4.25. The zero-order chi connectivity index (χ0) is 15.0. The van der Waals surface area contributed by atoms with Crippen LogP contribution in [-0.4, -0.2) is 40.5 Å². The van der Waals surface area contributed by atoms with Gasteiger partial charge in [-0.2, -0.15) is 0 Å². The number of nitrogens with zero attached hydrogens (tertiary/aromatic N) is 2. The summed E-state index contributed by atoms with van der Waals surface area (Å²) < 4.78 is 5.25. The Hall–Kier alpha value is -1.88. The number of ether oxygens (including phenoxy) is 1. The van der Waals surface area contributed by atoms with Crippen LogP contribution in [0.2, 0.25) is 0 Å². The minimum Gasteiger partial charge on any atom is -0.461 e. The number of hydrogen-bond donors (Lipinski definition) is 1. The maximum Gasteiger partial charge on any atom is 0.306 e. The highest BCUT2D eigenvalue weighted by atomic mass is 16.5. The van der Waals surface area contributed by atoms with E-state index in [2.05, 4.69) is 40.8 Å². The Morgan fingerprint density at radius 3 is 2.86 bits per heavy atom. The smallest absolute Gasteiger partial charge is 0.306 e. The van der Waals surface area contributed by atoms with Gasteiger partial charge in [0.05, 0.1) is 17.6 Å². The van der Waals surface area contributed by atoms with Crippen molar-refractivity contribution in [3.63, 3.8) is 0 Å². The van der Waals surface area contributed by atoms with Gasteiger partial charge in [0.25, 0.3) is 0 Å². The Bertz CT molecular complexity index is 638. The lowest BCUT2D eigenvalue weighted by Gasteiger charge is -2.18. The van der Waals surface area contributed by atoms with Crippen LogP contribution in [0, 0.1) is 13.8 Å². The van der Waals surface area contributed by atoms with E-state index in [4.69, 9.17) is 4.74 Å². The first-order chi connectivity index (χ1) is 10.0. The van der Waals surface area contributed by atoms with E-state index in [1.54, 1.807) is 0 Å². The molecule has 5 heteroatoms. The molecule has 0 spiro atoms. The van der Waals surface area contributed by atoms with Crippen LogP contribution in [0.1, 0.15) is 29.8 Å². The van der Waals surface area contributed by atoms with Gasteiger partial charge in [0, 0.05) is 13.0 Å². The summed E-state index contributed by atoms with van der Waals surface area (Å²) in [5, 5.41) is 0. The van der Waals surface area contributed by atoms with Crippen molar-refractivity contribution in [2.45, 2.75) is 39.3 Å². The van der Waals surface area contributed by atoms with Gasteiger partial charge in [-0.25, -0.2) is 4.98 Å². The number of rotatable bonds is 4. The number of cyclic esters (lactones) is 1. The number of carbonyl (C=O) groups is 1. The molecular formula is C16H21N3O2. The summed E-state index contributed by atoms with van der Waals surface area (Å²) in [5.74, 6) is 0.866. The second-order valence-electron chi connectivity index (χ2n) is 5.98. The molecule has 1 N–H and O–H groups in total. The average Bonchev–Trinajstić information content (AvgIpc) is 2.96.